The van der Waals surface area contributed by atoms with Crippen molar-refractivity contribution in [2.45, 2.75) is 32.7 Å². The van der Waals surface area contributed by atoms with Gasteiger partial charge in [-0.15, -0.1) is 0 Å². The average molecular weight is 305 g/mol. The van der Waals surface area contributed by atoms with E-state index in [1.807, 2.05) is 23.6 Å². The van der Waals surface area contributed by atoms with Gasteiger partial charge < -0.3 is 15.2 Å². The highest BCUT2D eigenvalue weighted by Gasteiger charge is 2.13. The predicted molar refractivity (Wildman–Crippen MR) is 88.4 cm³/mol. The number of thiophene rings is 1. The first-order valence-electron chi connectivity index (χ1n) is 7.43. The maximum absolute atomic E-state index is 6.32. The molecular weight excluding hydrogens is 282 g/mol. The van der Waals surface area contributed by atoms with Crippen LogP contribution in [0.3, 0.4) is 0 Å². The molecule has 2 aromatic rings. The Kier molecular flexibility index (Phi) is 6.08. The van der Waals surface area contributed by atoms with Crippen molar-refractivity contribution in [1.29, 1.82) is 0 Å². The molecule has 0 radical (unpaired) electrons. The molecule has 1 heterocycles. The maximum atomic E-state index is 6.32. The van der Waals surface area contributed by atoms with Gasteiger partial charge in [0.2, 0.25) is 0 Å². The van der Waals surface area contributed by atoms with Crippen LogP contribution in [0.5, 0.6) is 11.5 Å². The zero-order valence-electron chi connectivity index (χ0n) is 12.7. The number of hydrogen-bond acceptors (Lipinski definition) is 4. The Balaban J connectivity index is 2.22. The normalized spacial score (nSPS) is 12.1. The van der Waals surface area contributed by atoms with E-state index in [2.05, 4.69) is 25.3 Å². The van der Waals surface area contributed by atoms with Crippen molar-refractivity contribution in [1.82, 2.24) is 0 Å². The van der Waals surface area contributed by atoms with Crippen LogP contribution in [0.4, 0.5) is 0 Å². The number of nitrogens with two attached hydrogens (primary N) is 1. The largest absolute Gasteiger partial charge is 0.490 e. The lowest BCUT2D eigenvalue weighted by molar-refractivity contribution is 0.268. The minimum absolute atomic E-state index is 0.125. The second-order valence-electron chi connectivity index (χ2n) is 4.94. The van der Waals surface area contributed by atoms with Gasteiger partial charge >= 0.3 is 0 Å². The molecule has 0 aliphatic rings. The van der Waals surface area contributed by atoms with Gasteiger partial charge in [-0.3, -0.25) is 0 Å². The van der Waals surface area contributed by atoms with Gasteiger partial charge in [0, 0.05) is 0 Å². The number of benzene rings is 1. The molecule has 114 valence electrons. The Bertz CT molecular complexity index is 540. The molecule has 1 unspecified atom stereocenters. The molecular formula is C17H23NO2S. The second-order valence-corrected chi connectivity index (χ2v) is 5.72. The smallest absolute Gasteiger partial charge is 0.161 e. The first kappa shape index (κ1) is 15.9. The minimum atomic E-state index is -0.125. The van der Waals surface area contributed by atoms with E-state index in [1.165, 1.54) is 0 Å². The molecule has 3 nitrogen and oxygen atoms in total. The van der Waals surface area contributed by atoms with Crippen LogP contribution in [-0.2, 0) is 0 Å². The summed E-state index contributed by atoms with van der Waals surface area (Å²) in [5.74, 6) is 1.58. The van der Waals surface area contributed by atoms with Crippen LogP contribution in [0.1, 0.15) is 43.9 Å². The molecule has 1 atom stereocenters. The summed E-state index contributed by atoms with van der Waals surface area (Å²) < 4.78 is 11.6. The SMILES string of the molecule is CCCOc1ccc(C(N)c2ccsc2)cc1OCCC. The van der Waals surface area contributed by atoms with Crippen molar-refractivity contribution >= 4 is 11.3 Å². The van der Waals surface area contributed by atoms with E-state index in [0.717, 1.165) is 35.5 Å². The molecule has 0 amide bonds. The second kappa shape index (κ2) is 8.05. The quantitative estimate of drug-likeness (QED) is 0.787. The number of hydrogen-bond donors (Lipinski definition) is 1. The summed E-state index contributed by atoms with van der Waals surface area (Å²) in [6.45, 7) is 5.55. The monoisotopic (exact) mass is 305 g/mol. The van der Waals surface area contributed by atoms with Crippen LogP contribution in [0, 0.1) is 0 Å². The van der Waals surface area contributed by atoms with Crippen molar-refractivity contribution in [3.05, 3.63) is 46.2 Å². The molecule has 0 bridgehead atoms. The molecule has 0 aliphatic heterocycles. The van der Waals surface area contributed by atoms with Crippen LogP contribution in [0.2, 0.25) is 0 Å². The highest BCUT2D eigenvalue weighted by molar-refractivity contribution is 7.08. The first-order valence-corrected chi connectivity index (χ1v) is 8.37. The molecule has 0 saturated heterocycles. The van der Waals surface area contributed by atoms with Crippen molar-refractivity contribution in [2.75, 3.05) is 13.2 Å². The van der Waals surface area contributed by atoms with Gasteiger partial charge in [0.25, 0.3) is 0 Å². The summed E-state index contributed by atoms with van der Waals surface area (Å²) in [6, 6.07) is 7.92. The Morgan fingerprint density at radius 3 is 2.33 bits per heavy atom. The fraction of sp³-hybridized carbons (Fsp3) is 0.412. The van der Waals surface area contributed by atoms with Gasteiger partial charge in [0.05, 0.1) is 19.3 Å². The van der Waals surface area contributed by atoms with Crippen molar-refractivity contribution < 1.29 is 9.47 Å². The van der Waals surface area contributed by atoms with Gasteiger partial charge in [-0.1, -0.05) is 19.9 Å². The summed E-state index contributed by atoms with van der Waals surface area (Å²) in [7, 11) is 0. The third kappa shape index (κ3) is 4.22. The molecule has 1 aromatic carbocycles. The molecule has 4 heteroatoms. The summed E-state index contributed by atoms with van der Waals surface area (Å²) in [6.07, 6.45) is 1.94. The maximum Gasteiger partial charge on any atom is 0.161 e. The van der Waals surface area contributed by atoms with Gasteiger partial charge in [-0.2, -0.15) is 11.3 Å². The van der Waals surface area contributed by atoms with E-state index in [1.54, 1.807) is 11.3 Å². The van der Waals surface area contributed by atoms with Crippen LogP contribution in [-0.4, -0.2) is 13.2 Å². The minimum Gasteiger partial charge on any atom is -0.490 e. The van der Waals surface area contributed by atoms with E-state index in [9.17, 15) is 0 Å². The highest BCUT2D eigenvalue weighted by atomic mass is 32.1. The zero-order valence-corrected chi connectivity index (χ0v) is 13.5. The summed E-state index contributed by atoms with van der Waals surface area (Å²) in [5.41, 5.74) is 8.49. The van der Waals surface area contributed by atoms with Gasteiger partial charge in [0.1, 0.15) is 0 Å². The summed E-state index contributed by atoms with van der Waals surface area (Å²) in [4.78, 5) is 0. The molecule has 0 fully saturated rings. The molecule has 21 heavy (non-hydrogen) atoms. The standard InChI is InChI=1S/C17H23NO2S/c1-3-8-19-15-6-5-13(11-16(15)20-9-4-2)17(18)14-7-10-21-12-14/h5-7,10-12,17H,3-4,8-9,18H2,1-2H3. The van der Waals surface area contributed by atoms with Crippen molar-refractivity contribution in [2.24, 2.45) is 5.73 Å². The molecule has 0 saturated carbocycles. The number of rotatable bonds is 8. The third-order valence-corrected chi connectivity index (χ3v) is 3.85. The Morgan fingerprint density at radius 1 is 1.00 bits per heavy atom. The molecule has 0 aliphatic carbocycles. The van der Waals surface area contributed by atoms with Crippen LogP contribution in [0.15, 0.2) is 35.0 Å². The van der Waals surface area contributed by atoms with Crippen LogP contribution < -0.4 is 15.2 Å². The van der Waals surface area contributed by atoms with Crippen LogP contribution in [0.25, 0.3) is 0 Å². The molecule has 0 spiro atoms. The van der Waals surface area contributed by atoms with E-state index in [-0.39, 0.29) is 6.04 Å². The van der Waals surface area contributed by atoms with E-state index < -0.39 is 0 Å². The first-order chi connectivity index (χ1) is 10.3. The Labute approximate surface area is 130 Å². The van der Waals surface area contributed by atoms with Crippen LogP contribution >= 0.6 is 11.3 Å². The fourth-order valence-corrected chi connectivity index (χ4v) is 2.72. The molecule has 2 N–H and O–H groups in total. The summed E-state index contributed by atoms with van der Waals surface area (Å²) >= 11 is 1.66. The van der Waals surface area contributed by atoms with Gasteiger partial charge in [-0.25, -0.2) is 0 Å². The molecule has 1 aromatic heterocycles. The van der Waals surface area contributed by atoms with E-state index in [0.29, 0.717) is 13.2 Å². The Hall–Kier alpha value is -1.52. The zero-order chi connectivity index (χ0) is 15.1. The van der Waals surface area contributed by atoms with Gasteiger partial charge in [0.15, 0.2) is 11.5 Å². The average Bonchev–Trinajstić information content (AvgIpc) is 3.04. The third-order valence-electron chi connectivity index (χ3n) is 3.15. The van der Waals surface area contributed by atoms with Crippen molar-refractivity contribution in [3.8, 4) is 11.5 Å². The highest BCUT2D eigenvalue weighted by Crippen LogP contribution is 2.32. The van der Waals surface area contributed by atoms with Gasteiger partial charge in [-0.05, 0) is 52.9 Å². The van der Waals surface area contributed by atoms with E-state index in [4.69, 9.17) is 15.2 Å². The molecule has 2 rings (SSSR count). The Morgan fingerprint density at radius 2 is 1.71 bits per heavy atom. The summed E-state index contributed by atoms with van der Waals surface area (Å²) in [5, 5.41) is 4.13. The topological polar surface area (TPSA) is 44.5 Å². The fourth-order valence-electron chi connectivity index (χ4n) is 2.02. The predicted octanol–water partition coefficient (Wildman–Crippen LogP) is 4.37. The van der Waals surface area contributed by atoms with Crippen molar-refractivity contribution in [3.63, 3.8) is 0 Å². The number of ether oxygens (including phenoxy) is 2. The van der Waals surface area contributed by atoms with E-state index >= 15 is 0 Å². The lowest BCUT2D eigenvalue weighted by Gasteiger charge is -2.16. The lowest BCUT2D eigenvalue weighted by Crippen LogP contribution is -2.11. The lowest BCUT2D eigenvalue weighted by atomic mass is 10.0.